The lowest BCUT2D eigenvalue weighted by Gasteiger charge is -2.37. The van der Waals surface area contributed by atoms with Crippen molar-refractivity contribution in [1.82, 2.24) is 15.1 Å². The fourth-order valence-corrected chi connectivity index (χ4v) is 3.48. The van der Waals surface area contributed by atoms with Crippen molar-refractivity contribution in [2.75, 3.05) is 6.54 Å². The Bertz CT molecular complexity index is 721. The molecule has 2 aliphatic heterocycles. The fourth-order valence-electron chi connectivity index (χ4n) is 3.48. The van der Waals surface area contributed by atoms with Gasteiger partial charge in [-0.2, -0.15) is 0 Å². The SMILES string of the molecule is O=C(O)CCCC(=O)N1CC[C@H]2NC(=O)N(Cc3ccccc3)C(=O)[C@@H]21. The summed E-state index contributed by atoms with van der Waals surface area (Å²) in [7, 11) is 0. The number of carboxylic acids is 1. The van der Waals surface area contributed by atoms with Crippen molar-refractivity contribution >= 4 is 23.8 Å². The van der Waals surface area contributed by atoms with Crippen LogP contribution in [0, 0.1) is 0 Å². The Morgan fingerprint density at radius 3 is 2.58 bits per heavy atom. The van der Waals surface area contributed by atoms with Gasteiger partial charge in [-0.25, -0.2) is 4.79 Å². The van der Waals surface area contributed by atoms with E-state index >= 15 is 0 Å². The van der Waals surface area contributed by atoms with Gasteiger partial charge in [0, 0.05) is 19.4 Å². The molecule has 26 heavy (non-hydrogen) atoms. The highest BCUT2D eigenvalue weighted by Gasteiger charge is 2.49. The molecule has 2 saturated heterocycles. The number of amides is 4. The number of carboxylic acid groups (broad SMARTS) is 1. The van der Waals surface area contributed by atoms with Crippen molar-refractivity contribution in [2.24, 2.45) is 0 Å². The van der Waals surface area contributed by atoms with E-state index in [0.717, 1.165) is 10.5 Å². The summed E-state index contributed by atoms with van der Waals surface area (Å²) in [5, 5.41) is 11.5. The molecule has 3 rings (SSSR count). The predicted molar refractivity (Wildman–Crippen MR) is 90.9 cm³/mol. The first-order valence-corrected chi connectivity index (χ1v) is 8.64. The molecule has 2 heterocycles. The highest BCUT2D eigenvalue weighted by atomic mass is 16.4. The average Bonchev–Trinajstić information content (AvgIpc) is 3.03. The number of imide groups is 1. The van der Waals surface area contributed by atoms with Gasteiger partial charge in [-0.3, -0.25) is 19.3 Å². The van der Waals surface area contributed by atoms with Gasteiger partial charge in [0.2, 0.25) is 5.91 Å². The number of aliphatic carboxylic acids is 1. The molecule has 0 spiro atoms. The van der Waals surface area contributed by atoms with Crippen molar-refractivity contribution in [1.29, 1.82) is 0 Å². The van der Waals surface area contributed by atoms with Crippen LogP contribution in [-0.2, 0) is 20.9 Å². The molecule has 0 radical (unpaired) electrons. The molecule has 8 nitrogen and oxygen atoms in total. The summed E-state index contributed by atoms with van der Waals surface area (Å²) >= 11 is 0. The summed E-state index contributed by atoms with van der Waals surface area (Å²) in [4.78, 5) is 50.8. The van der Waals surface area contributed by atoms with Gasteiger partial charge >= 0.3 is 12.0 Å². The van der Waals surface area contributed by atoms with Crippen LogP contribution in [0.3, 0.4) is 0 Å². The maximum atomic E-state index is 12.9. The third kappa shape index (κ3) is 3.68. The number of carbonyl (C=O) groups excluding carboxylic acids is 3. The molecule has 138 valence electrons. The molecule has 4 amide bonds. The first kappa shape index (κ1) is 17.9. The Hall–Kier alpha value is -2.90. The second-order valence-corrected chi connectivity index (χ2v) is 6.53. The zero-order valence-corrected chi connectivity index (χ0v) is 14.3. The quantitative estimate of drug-likeness (QED) is 0.787. The molecule has 0 aliphatic carbocycles. The van der Waals surface area contributed by atoms with Gasteiger partial charge in [-0.1, -0.05) is 30.3 Å². The van der Waals surface area contributed by atoms with Crippen LogP contribution < -0.4 is 5.32 Å². The topological polar surface area (TPSA) is 107 Å². The van der Waals surface area contributed by atoms with E-state index in [0.29, 0.717) is 13.0 Å². The van der Waals surface area contributed by atoms with E-state index in [1.54, 1.807) is 0 Å². The van der Waals surface area contributed by atoms with Gasteiger partial charge in [0.25, 0.3) is 5.91 Å². The summed E-state index contributed by atoms with van der Waals surface area (Å²) in [6.07, 6.45) is 0.746. The molecule has 1 aromatic carbocycles. The molecule has 2 N–H and O–H groups in total. The van der Waals surface area contributed by atoms with E-state index in [9.17, 15) is 19.2 Å². The molecule has 0 saturated carbocycles. The number of hydrogen-bond donors (Lipinski definition) is 2. The second-order valence-electron chi connectivity index (χ2n) is 6.53. The zero-order valence-electron chi connectivity index (χ0n) is 14.3. The van der Waals surface area contributed by atoms with Crippen molar-refractivity contribution < 1.29 is 24.3 Å². The van der Waals surface area contributed by atoms with E-state index in [2.05, 4.69) is 5.32 Å². The molecule has 0 aromatic heterocycles. The number of benzene rings is 1. The second kappa shape index (κ2) is 7.55. The lowest BCUT2D eigenvalue weighted by Crippen LogP contribution is -2.64. The van der Waals surface area contributed by atoms with E-state index < -0.39 is 18.0 Å². The van der Waals surface area contributed by atoms with Crippen LogP contribution in [0.2, 0.25) is 0 Å². The van der Waals surface area contributed by atoms with E-state index in [1.807, 2.05) is 30.3 Å². The van der Waals surface area contributed by atoms with Crippen LogP contribution in [0.15, 0.2) is 30.3 Å². The minimum Gasteiger partial charge on any atom is -0.481 e. The first-order valence-electron chi connectivity index (χ1n) is 8.64. The van der Waals surface area contributed by atoms with E-state index in [-0.39, 0.29) is 43.7 Å². The number of nitrogens with zero attached hydrogens (tertiary/aromatic N) is 2. The minimum atomic E-state index is -0.952. The molecule has 8 heteroatoms. The summed E-state index contributed by atoms with van der Waals surface area (Å²) in [5.41, 5.74) is 0.826. The molecule has 2 fully saturated rings. The van der Waals surface area contributed by atoms with Crippen molar-refractivity contribution in [2.45, 2.75) is 44.3 Å². The lowest BCUT2D eigenvalue weighted by atomic mass is 10.0. The Kier molecular flexibility index (Phi) is 5.20. The van der Waals surface area contributed by atoms with Gasteiger partial charge in [0.05, 0.1) is 12.6 Å². The van der Waals surface area contributed by atoms with Crippen molar-refractivity contribution in [3.05, 3.63) is 35.9 Å². The molecular formula is C18H21N3O5. The number of fused-ring (bicyclic) bond motifs is 1. The Labute approximate surface area is 150 Å². The van der Waals surface area contributed by atoms with Gasteiger partial charge in [0.15, 0.2) is 0 Å². The standard InChI is InChI=1S/C18H21N3O5/c22-14(7-4-8-15(23)24)20-10-9-13-16(20)17(25)21(18(26)19-13)11-12-5-2-1-3-6-12/h1-3,5-6,13,16H,4,7-11H2,(H,19,26)(H,23,24)/t13-,16-/m1/s1. The van der Waals surface area contributed by atoms with Crippen LogP contribution in [-0.4, -0.2) is 57.3 Å². The molecule has 0 unspecified atom stereocenters. The number of urea groups is 1. The third-order valence-electron chi connectivity index (χ3n) is 4.76. The largest absolute Gasteiger partial charge is 0.481 e. The van der Waals surface area contributed by atoms with E-state index in [4.69, 9.17) is 5.11 Å². The monoisotopic (exact) mass is 359 g/mol. The normalized spacial score (nSPS) is 22.2. The van der Waals surface area contributed by atoms with Crippen LogP contribution in [0.25, 0.3) is 0 Å². The third-order valence-corrected chi connectivity index (χ3v) is 4.76. The summed E-state index contributed by atoms with van der Waals surface area (Å²) in [6, 6.07) is 7.63. The summed E-state index contributed by atoms with van der Waals surface area (Å²) in [6.45, 7) is 0.530. The van der Waals surface area contributed by atoms with Crippen LogP contribution in [0.4, 0.5) is 4.79 Å². The Morgan fingerprint density at radius 2 is 1.88 bits per heavy atom. The molecular weight excluding hydrogens is 338 g/mol. The average molecular weight is 359 g/mol. The van der Waals surface area contributed by atoms with Gasteiger partial charge in [-0.15, -0.1) is 0 Å². The highest BCUT2D eigenvalue weighted by Crippen LogP contribution is 2.26. The summed E-state index contributed by atoms with van der Waals surface area (Å²) < 4.78 is 0. The van der Waals surface area contributed by atoms with Gasteiger partial charge < -0.3 is 15.3 Å². The maximum Gasteiger partial charge on any atom is 0.324 e. The Balaban J connectivity index is 1.70. The maximum absolute atomic E-state index is 12.9. The first-order chi connectivity index (χ1) is 12.5. The van der Waals surface area contributed by atoms with Gasteiger partial charge in [-0.05, 0) is 18.4 Å². The number of carbonyl (C=O) groups is 4. The van der Waals surface area contributed by atoms with Crippen molar-refractivity contribution in [3.63, 3.8) is 0 Å². The number of nitrogens with one attached hydrogen (secondary N) is 1. The molecule has 0 bridgehead atoms. The smallest absolute Gasteiger partial charge is 0.324 e. The highest BCUT2D eigenvalue weighted by molar-refractivity contribution is 6.02. The van der Waals surface area contributed by atoms with Crippen LogP contribution in [0.1, 0.15) is 31.2 Å². The molecule has 2 atom stereocenters. The number of likely N-dealkylation sites (tertiary alicyclic amines) is 1. The van der Waals surface area contributed by atoms with Crippen LogP contribution >= 0.6 is 0 Å². The van der Waals surface area contributed by atoms with Crippen LogP contribution in [0.5, 0.6) is 0 Å². The predicted octanol–water partition coefficient (Wildman–Crippen LogP) is 0.963. The zero-order chi connectivity index (χ0) is 18.7. The number of rotatable bonds is 6. The summed E-state index contributed by atoms with van der Waals surface area (Å²) in [5.74, 6) is -1.58. The minimum absolute atomic E-state index is 0.0788. The number of hydrogen-bond acceptors (Lipinski definition) is 4. The molecule has 1 aromatic rings. The van der Waals surface area contributed by atoms with E-state index in [1.165, 1.54) is 4.90 Å². The van der Waals surface area contributed by atoms with Gasteiger partial charge in [0.1, 0.15) is 6.04 Å². The van der Waals surface area contributed by atoms with Crippen molar-refractivity contribution in [3.8, 4) is 0 Å². The Morgan fingerprint density at radius 1 is 1.15 bits per heavy atom. The molecule has 2 aliphatic rings. The lowest BCUT2D eigenvalue weighted by molar-refractivity contribution is -0.144. The fraction of sp³-hybridized carbons (Fsp3) is 0.444.